The van der Waals surface area contributed by atoms with Crippen molar-refractivity contribution < 1.29 is 8.78 Å². The van der Waals surface area contributed by atoms with Crippen LogP contribution in [0, 0.1) is 11.6 Å². The summed E-state index contributed by atoms with van der Waals surface area (Å²) in [7, 11) is 0. The molecule has 0 radical (unpaired) electrons. The highest BCUT2D eigenvalue weighted by Gasteiger charge is 2.19. The maximum absolute atomic E-state index is 13.6. The van der Waals surface area contributed by atoms with E-state index in [1.807, 2.05) is 0 Å². The molecule has 2 rings (SSSR count). The zero-order valence-corrected chi connectivity index (χ0v) is 12.0. The van der Waals surface area contributed by atoms with E-state index >= 15 is 0 Å². The number of nitrogens with two attached hydrogens (primary N) is 1. The second-order valence-corrected chi connectivity index (χ2v) is 5.15. The van der Waals surface area contributed by atoms with Crippen LogP contribution in [0.15, 0.2) is 40.9 Å². The van der Waals surface area contributed by atoms with E-state index < -0.39 is 17.7 Å². The van der Waals surface area contributed by atoms with Gasteiger partial charge in [-0.25, -0.2) is 14.2 Å². The fraction of sp³-hybridized carbons (Fsp3) is 0.0769. The largest absolute Gasteiger partial charge is 0.271 e. The summed E-state index contributed by atoms with van der Waals surface area (Å²) in [4.78, 5) is 0. The summed E-state index contributed by atoms with van der Waals surface area (Å²) in [6.07, 6.45) is 0. The first-order valence-corrected chi connectivity index (χ1v) is 6.56. The van der Waals surface area contributed by atoms with E-state index in [1.54, 1.807) is 24.3 Å². The van der Waals surface area contributed by atoms with Gasteiger partial charge in [0.15, 0.2) is 11.6 Å². The van der Waals surface area contributed by atoms with Gasteiger partial charge in [-0.05, 0) is 45.3 Å². The highest BCUT2D eigenvalue weighted by atomic mass is 79.9. The van der Waals surface area contributed by atoms with Gasteiger partial charge in [0.2, 0.25) is 0 Å². The van der Waals surface area contributed by atoms with Crippen LogP contribution in [0.1, 0.15) is 17.2 Å². The van der Waals surface area contributed by atoms with Crippen molar-refractivity contribution in [3.63, 3.8) is 0 Å². The molecule has 0 heterocycles. The number of halogens is 4. The lowest BCUT2D eigenvalue weighted by Crippen LogP contribution is -2.29. The first kappa shape index (κ1) is 14.4. The highest BCUT2D eigenvalue weighted by molar-refractivity contribution is 9.10. The van der Waals surface area contributed by atoms with E-state index in [0.29, 0.717) is 10.6 Å². The van der Waals surface area contributed by atoms with E-state index in [0.717, 1.165) is 11.6 Å². The molecule has 0 saturated carbocycles. The van der Waals surface area contributed by atoms with Crippen LogP contribution < -0.4 is 11.3 Å². The first-order valence-electron chi connectivity index (χ1n) is 5.39. The van der Waals surface area contributed by atoms with Crippen LogP contribution in [0.3, 0.4) is 0 Å². The number of nitrogens with one attached hydrogen (secondary N) is 1. The summed E-state index contributed by atoms with van der Waals surface area (Å²) in [5.41, 5.74) is 3.87. The normalized spacial score (nSPS) is 12.5. The van der Waals surface area contributed by atoms with Gasteiger partial charge < -0.3 is 0 Å². The zero-order valence-electron chi connectivity index (χ0n) is 9.63. The second-order valence-electron chi connectivity index (χ2n) is 3.92. The molecule has 1 atom stereocenters. The Bertz CT molecular complexity index is 590. The van der Waals surface area contributed by atoms with Crippen molar-refractivity contribution in [1.29, 1.82) is 0 Å². The van der Waals surface area contributed by atoms with Crippen molar-refractivity contribution in [2.75, 3.05) is 0 Å². The van der Waals surface area contributed by atoms with Crippen molar-refractivity contribution in [2.45, 2.75) is 6.04 Å². The molecule has 100 valence electrons. The van der Waals surface area contributed by atoms with Crippen molar-refractivity contribution in [3.05, 3.63) is 68.7 Å². The fourth-order valence-electron chi connectivity index (χ4n) is 1.78. The third kappa shape index (κ3) is 2.95. The lowest BCUT2D eigenvalue weighted by atomic mass is 9.99. The predicted octanol–water partition coefficient (Wildman–Crippen LogP) is 3.93. The average molecular weight is 348 g/mol. The summed E-state index contributed by atoms with van der Waals surface area (Å²) in [6, 6.07) is 9.00. The maximum atomic E-state index is 13.6. The monoisotopic (exact) mass is 346 g/mol. The standard InChI is InChI=1S/C13H10BrClF2N2/c14-11-9(5-6-10(16)12(11)17)13(19-18)7-1-3-8(15)4-2-7/h1-6,13,19H,18H2. The van der Waals surface area contributed by atoms with Crippen molar-refractivity contribution in [3.8, 4) is 0 Å². The van der Waals surface area contributed by atoms with Crippen LogP contribution in [0.25, 0.3) is 0 Å². The first-order chi connectivity index (χ1) is 9.04. The number of hydrogen-bond acceptors (Lipinski definition) is 2. The van der Waals surface area contributed by atoms with Gasteiger partial charge in [0.05, 0.1) is 10.5 Å². The molecule has 2 aromatic rings. The van der Waals surface area contributed by atoms with Crippen LogP contribution in [-0.2, 0) is 0 Å². The number of hydrogen-bond donors (Lipinski definition) is 2. The lowest BCUT2D eigenvalue weighted by molar-refractivity contribution is 0.498. The molecule has 0 fully saturated rings. The summed E-state index contributed by atoms with van der Waals surface area (Å²) in [6.45, 7) is 0. The molecular formula is C13H10BrClF2N2. The Morgan fingerprint density at radius 1 is 1.11 bits per heavy atom. The number of rotatable bonds is 3. The summed E-state index contributed by atoms with van der Waals surface area (Å²) < 4.78 is 26.7. The third-order valence-electron chi connectivity index (χ3n) is 2.75. The number of benzene rings is 2. The van der Waals surface area contributed by atoms with Gasteiger partial charge in [-0.15, -0.1) is 0 Å². The molecule has 2 aromatic carbocycles. The van der Waals surface area contributed by atoms with Gasteiger partial charge in [-0.1, -0.05) is 29.8 Å². The Morgan fingerprint density at radius 2 is 1.74 bits per heavy atom. The topological polar surface area (TPSA) is 38.0 Å². The number of hydrazine groups is 1. The molecule has 6 heteroatoms. The van der Waals surface area contributed by atoms with E-state index in [1.165, 1.54) is 6.07 Å². The molecule has 0 aliphatic heterocycles. The predicted molar refractivity (Wildman–Crippen MR) is 74.7 cm³/mol. The molecule has 0 aliphatic carbocycles. The van der Waals surface area contributed by atoms with Gasteiger partial charge in [-0.3, -0.25) is 5.84 Å². The van der Waals surface area contributed by atoms with Gasteiger partial charge >= 0.3 is 0 Å². The van der Waals surface area contributed by atoms with Crippen molar-refractivity contribution >= 4 is 27.5 Å². The maximum Gasteiger partial charge on any atom is 0.173 e. The van der Waals surface area contributed by atoms with Crippen LogP contribution in [0.4, 0.5) is 8.78 Å². The SMILES string of the molecule is NNC(c1ccc(Cl)cc1)c1ccc(F)c(F)c1Br. The van der Waals surface area contributed by atoms with Crippen LogP contribution in [-0.4, -0.2) is 0 Å². The van der Waals surface area contributed by atoms with Crippen molar-refractivity contribution in [2.24, 2.45) is 5.84 Å². The Morgan fingerprint density at radius 3 is 2.32 bits per heavy atom. The van der Waals surface area contributed by atoms with E-state index in [4.69, 9.17) is 17.4 Å². The molecule has 0 aromatic heterocycles. The Kier molecular flexibility index (Phi) is 4.52. The molecule has 2 nitrogen and oxygen atoms in total. The summed E-state index contributed by atoms with van der Waals surface area (Å²) in [5.74, 6) is 3.66. The minimum absolute atomic E-state index is 0.0467. The Balaban J connectivity index is 2.48. The third-order valence-corrected chi connectivity index (χ3v) is 3.80. The smallest absolute Gasteiger partial charge is 0.173 e. The molecule has 0 spiro atoms. The molecule has 0 aliphatic rings. The van der Waals surface area contributed by atoms with Crippen molar-refractivity contribution in [1.82, 2.24) is 5.43 Å². The lowest BCUT2D eigenvalue weighted by Gasteiger charge is -2.19. The molecule has 1 unspecified atom stereocenters. The molecule has 0 saturated heterocycles. The quantitative estimate of drug-likeness (QED) is 0.501. The van der Waals surface area contributed by atoms with E-state index in [2.05, 4.69) is 21.4 Å². The molecule has 3 N–H and O–H groups in total. The van der Waals surface area contributed by atoms with E-state index in [-0.39, 0.29) is 4.47 Å². The van der Waals surface area contributed by atoms with Crippen LogP contribution in [0.5, 0.6) is 0 Å². The molecule has 0 amide bonds. The summed E-state index contributed by atoms with van der Waals surface area (Å²) >= 11 is 8.86. The van der Waals surface area contributed by atoms with Crippen LogP contribution in [0.2, 0.25) is 5.02 Å². The summed E-state index contributed by atoms with van der Waals surface area (Å²) in [5, 5.41) is 0.587. The Labute approximate surface area is 122 Å². The second kappa shape index (κ2) is 5.96. The van der Waals surface area contributed by atoms with Gasteiger partial charge in [0.1, 0.15) is 0 Å². The fourth-order valence-corrected chi connectivity index (χ4v) is 2.46. The van der Waals surface area contributed by atoms with Crippen LogP contribution >= 0.6 is 27.5 Å². The Hall–Kier alpha value is -1.01. The van der Waals surface area contributed by atoms with Gasteiger partial charge in [-0.2, -0.15) is 0 Å². The zero-order chi connectivity index (χ0) is 14.0. The molecule has 0 bridgehead atoms. The average Bonchev–Trinajstić information content (AvgIpc) is 2.41. The molecule has 19 heavy (non-hydrogen) atoms. The van der Waals surface area contributed by atoms with Gasteiger partial charge in [0.25, 0.3) is 0 Å². The minimum Gasteiger partial charge on any atom is -0.271 e. The highest BCUT2D eigenvalue weighted by Crippen LogP contribution is 2.31. The van der Waals surface area contributed by atoms with Gasteiger partial charge in [0, 0.05) is 5.02 Å². The molecular weight excluding hydrogens is 338 g/mol. The van der Waals surface area contributed by atoms with E-state index in [9.17, 15) is 8.78 Å². The minimum atomic E-state index is -0.938.